The minimum atomic E-state index is -0.348. The van der Waals surface area contributed by atoms with Crippen molar-refractivity contribution >= 4 is 5.97 Å². The minimum Gasteiger partial charge on any atom is -0.469 e. The van der Waals surface area contributed by atoms with Crippen LogP contribution in [0.15, 0.2) is 42.5 Å². The number of carbonyl (C=O) groups excluding carboxylic acids is 1. The topological polar surface area (TPSA) is 63.2 Å². The number of ether oxygens (including phenoxy) is 5. The highest BCUT2D eigenvalue weighted by molar-refractivity contribution is 5.81. The Morgan fingerprint density at radius 2 is 1.60 bits per heavy atom. The molecule has 6 nitrogen and oxygen atoms in total. The number of methoxy groups -OCH3 is 3. The van der Waals surface area contributed by atoms with E-state index in [2.05, 4.69) is 0 Å². The fraction of sp³-hybridized carbons (Fsp3) is 0.316. The zero-order valence-corrected chi connectivity index (χ0v) is 14.6. The van der Waals surface area contributed by atoms with Crippen molar-refractivity contribution in [3.8, 4) is 22.6 Å². The van der Waals surface area contributed by atoms with Crippen LogP contribution in [-0.4, -0.2) is 40.9 Å². The third-order valence-electron chi connectivity index (χ3n) is 3.46. The van der Waals surface area contributed by atoms with Crippen LogP contribution in [0.25, 0.3) is 11.1 Å². The number of esters is 1. The van der Waals surface area contributed by atoms with Gasteiger partial charge in [0.2, 0.25) is 0 Å². The summed E-state index contributed by atoms with van der Waals surface area (Å²) < 4.78 is 26.0. The van der Waals surface area contributed by atoms with Crippen LogP contribution in [0.4, 0.5) is 0 Å². The van der Waals surface area contributed by atoms with Gasteiger partial charge in [-0.15, -0.1) is 0 Å². The highest BCUT2D eigenvalue weighted by Gasteiger charge is 2.18. The average molecular weight is 346 g/mol. The highest BCUT2D eigenvalue weighted by Crippen LogP contribution is 2.37. The normalized spacial score (nSPS) is 10.4. The SMILES string of the molecule is COCOc1cc(CC(=O)OC)c(-c2ccccc2)c(OCOC)c1. The van der Waals surface area contributed by atoms with Gasteiger partial charge in [0.15, 0.2) is 13.6 Å². The quantitative estimate of drug-likeness (QED) is 0.514. The molecule has 6 heteroatoms. The maximum absolute atomic E-state index is 11.9. The molecule has 2 aromatic carbocycles. The van der Waals surface area contributed by atoms with Crippen LogP contribution in [0.2, 0.25) is 0 Å². The van der Waals surface area contributed by atoms with E-state index in [1.165, 1.54) is 14.2 Å². The Hall–Kier alpha value is -2.57. The summed E-state index contributed by atoms with van der Waals surface area (Å²) in [7, 11) is 4.44. The van der Waals surface area contributed by atoms with Gasteiger partial charge in [0.05, 0.1) is 13.5 Å². The van der Waals surface area contributed by atoms with Crippen molar-refractivity contribution in [2.45, 2.75) is 6.42 Å². The first kappa shape index (κ1) is 18.8. The van der Waals surface area contributed by atoms with Gasteiger partial charge in [-0.25, -0.2) is 0 Å². The molecule has 0 radical (unpaired) electrons. The summed E-state index contributed by atoms with van der Waals surface area (Å²) in [6, 6.07) is 13.2. The Labute approximate surface area is 147 Å². The van der Waals surface area contributed by atoms with Gasteiger partial charge in [0.1, 0.15) is 11.5 Å². The van der Waals surface area contributed by atoms with E-state index in [-0.39, 0.29) is 26.0 Å². The van der Waals surface area contributed by atoms with Gasteiger partial charge in [-0.05, 0) is 17.2 Å². The molecule has 0 amide bonds. The van der Waals surface area contributed by atoms with E-state index >= 15 is 0 Å². The van der Waals surface area contributed by atoms with Crippen LogP contribution in [-0.2, 0) is 25.4 Å². The Kier molecular flexibility index (Phi) is 7.25. The van der Waals surface area contributed by atoms with Crippen LogP contribution in [0.5, 0.6) is 11.5 Å². The van der Waals surface area contributed by atoms with Crippen molar-refractivity contribution < 1.29 is 28.5 Å². The van der Waals surface area contributed by atoms with Crippen molar-refractivity contribution in [1.29, 1.82) is 0 Å². The monoisotopic (exact) mass is 346 g/mol. The molecule has 0 N–H and O–H groups in total. The van der Waals surface area contributed by atoms with E-state index in [4.69, 9.17) is 23.7 Å². The van der Waals surface area contributed by atoms with E-state index < -0.39 is 0 Å². The van der Waals surface area contributed by atoms with Gasteiger partial charge in [-0.2, -0.15) is 0 Å². The molecular formula is C19H22O6. The number of hydrogen-bond acceptors (Lipinski definition) is 6. The minimum absolute atomic E-state index is 0.0746. The molecule has 0 unspecified atom stereocenters. The van der Waals surface area contributed by atoms with Crippen LogP contribution in [0.3, 0.4) is 0 Å². The van der Waals surface area contributed by atoms with Crippen LogP contribution in [0, 0.1) is 0 Å². The van der Waals surface area contributed by atoms with Crippen molar-refractivity contribution in [2.24, 2.45) is 0 Å². The molecule has 2 aromatic rings. The summed E-state index contributed by atoms with van der Waals surface area (Å²) in [6.45, 7) is 0.164. The molecule has 0 saturated carbocycles. The van der Waals surface area contributed by atoms with Crippen LogP contribution in [0.1, 0.15) is 5.56 Å². The molecular weight excluding hydrogens is 324 g/mol. The van der Waals surface area contributed by atoms with E-state index in [1.807, 2.05) is 30.3 Å². The molecule has 0 fully saturated rings. The van der Waals surface area contributed by atoms with Gasteiger partial charge in [0, 0.05) is 25.8 Å². The molecule has 0 saturated heterocycles. The molecule has 134 valence electrons. The first-order valence-electron chi connectivity index (χ1n) is 7.72. The molecule has 0 aliphatic carbocycles. The predicted octanol–water partition coefficient (Wildman–Crippen LogP) is 3.03. The summed E-state index contributed by atoms with van der Waals surface area (Å²) in [6.07, 6.45) is 0.0915. The molecule has 0 spiro atoms. The molecule has 25 heavy (non-hydrogen) atoms. The third kappa shape index (κ3) is 5.20. The first-order chi connectivity index (χ1) is 12.2. The van der Waals surface area contributed by atoms with Gasteiger partial charge in [-0.3, -0.25) is 4.79 Å². The van der Waals surface area contributed by atoms with E-state index in [1.54, 1.807) is 19.2 Å². The lowest BCUT2D eigenvalue weighted by Crippen LogP contribution is -2.09. The molecule has 0 aromatic heterocycles. The Balaban J connectivity index is 2.55. The lowest BCUT2D eigenvalue weighted by atomic mass is 9.96. The largest absolute Gasteiger partial charge is 0.469 e. The number of carbonyl (C=O) groups is 1. The van der Waals surface area contributed by atoms with Gasteiger partial charge in [0.25, 0.3) is 0 Å². The second-order valence-corrected chi connectivity index (χ2v) is 5.18. The Morgan fingerprint density at radius 3 is 2.24 bits per heavy atom. The third-order valence-corrected chi connectivity index (χ3v) is 3.46. The zero-order valence-electron chi connectivity index (χ0n) is 14.6. The molecule has 0 atom stereocenters. The van der Waals surface area contributed by atoms with Crippen LogP contribution >= 0.6 is 0 Å². The standard InChI is InChI=1S/C19H22O6/c1-21-12-24-16-9-15(10-18(20)23-3)19(14-7-5-4-6-8-14)17(11-16)25-13-22-2/h4-9,11H,10,12-13H2,1-3H3. The molecule has 0 bridgehead atoms. The summed E-state index contributed by atoms with van der Waals surface area (Å²) in [4.78, 5) is 11.9. The van der Waals surface area contributed by atoms with Crippen molar-refractivity contribution in [3.63, 3.8) is 0 Å². The predicted molar refractivity (Wildman–Crippen MR) is 92.6 cm³/mol. The number of hydrogen-bond donors (Lipinski definition) is 0. The second-order valence-electron chi connectivity index (χ2n) is 5.18. The van der Waals surface area contributed by atoms with Gasteiger partial charge in [-0.1, -0.05) is 30.3 Å². The summed E-state index contributed by atoms with van der Waals surface area (Å²) in [5.74, 6) is 0.742. The Morgan fingerprint density at radius 1 is 0.920 bits per heavy atom. The number of rotatable bonds is 9. The first-order valence-corrected chi connectivity index (χ1v) is 7.72. The van der Waals surface area contributed by atoms with Crippen molar-refractivity contribution in [2.75, 3.05) is 34.9 Å². The summed E-state index contributed by atoms with van der Waals surface area (Å²) in [5.41, 5.74) is 2.45. The summed E-state index contributed by atoms with van der Waals surface area (Å²) >= 11 is 0. The van der Waals surface area contributed by atoms with Gasteiger partial charge >= 0.3 is 5.97 Å². The van der Waals surface area contributed by atoms with E-state index in [0.29, 0.717) is 11.5 Å². The highest BCUT2D eigenvalue weighted by atomic mass is 16.7. The zero-order chi connectivity index (χ0) is 18.1. The van der Waals surface area contributed by atoms with E-state index in [9.17, 15) is 4.79 Å². The van der Waals surface area contributed by atoms with Crippen LogP contribution < -0.4 is 9.47 Å². The van der Waals surface area contributed by atoms with Gasteiger partial charge < -0.3 is 23.7 Å². The van der Waals surface area contributed by atoms with Crippen molar-refractivity contribution in [3.05, 3.63) is 48.0 Å². The maximum atomic E-state index is 11.9. The van der Waals surface area contributed by atoms with E-state index in [0.717, 1.165) is 16.7 Å². The fourth-order valence-corrected chi connectivity index (χ4v) is 2.39. The molecule has 0 heterocycles. The lowest BCUT2D eigenvalue weighted by molar-refractivity contribution is -0.139. The lowest BCUT2D eigenvalue weighted by Gasteiger charge is -2.17. The molecule has 0 aliphatic rings. The summed E-state index contributed by atoms with van der Waals surface area (Å²) in [5, 5.41) is 0. The smallest absolute Gasteiger partial charge is 0.310 e. The molecule has 0 aliphatic heterocycles. The molecule has 2 rings (SSSR count). The maximum Gasteiger partial charge on any atom is 0.310 e. The van der Waals surface area contributed by atoms with Crippen molar-refractivity contribution in [1.82, 2.24) is 0 Å². The average Bonchev–Trinajstić information content (AvgIpc) is 2.65. The number of benzene rings is 2. The second kappa shape index (κ2) is 9.66. The fourth-order valence-electron chi connectivity index (χ4n) is 2.39. The Bertz CT molecular complexity index is 684.